The minimum absolute atomic E-state index is 0.256. The van der Waals surface area contributed by atoms with Crippen molar-refractivity contribution in [3.63, 3.8) is 0 Å². The lowest BCUT2D eigenvalue weighted by Gasteiger charge is -2.05. The summed E-state index contributed by atoms with van der Waals surface area (Å²) in [5.74, 6) is -1.19. The molecule has 1 heterocycles. The molecule has 9 heteroatoms. The van der Waals surface area contributed by atoms with E-state index in [1.54, 1.807) is 0 Å². The van der Waals surface area contributed by atoms with E-state index in [2.05, 4.69) is 14.8 Å². The van der Waals surface area contributed by atoms with Gasteiger partial charge in [-0.1, -0.05) is 4.98 Å². The molecule has 1 rings (SSSR count). The van der Waals surface area contributed by atoms with Gasteiger partial charge in [0, 0.05) is 12.0 Å². The lowest BCUT2D eigenvalue weighted by molar-refractivity contribution is -0.394. The van der Waals surface area contributed by atoms with E-state index in [1.165, 1.54) is 0 Å². The van der Waals surface area contributed by atoms with Gasteiger partial charge in [-0.15, -0.1) is 0 Å². The Kier molecular flexibility index (Phi) is 3.86. The summed E-state index contributed by atoms with van der Waals surface area (Å²) in [6.07, 6.45) is -0.441. The van der Waals surface area contributed by atoms with Gasteiger partial charge in [-0.25, -0.2) is 4.39 Å². The minimum Gasteiger partial charge on any atom is -0.463 e. The van der Waals surface area contributed by atoms with Crippen molar-refractivity contribution in [3.05, 3.63) is 16.4 Å². The smallest absolute Gasteiger partial charge is 0.463 e. The standard InChI is InChI=1S/C7H9FN4O4/c1-5(13)16-3-6(8)2-11-4-9-7(10-11)12(14)15/h4,6H,2-3H2,1H3. The topological polar surface area (TPSA) is 100 Å². The second kappa shape index (κ2) is 5.14. The molecule has 0 N–H and O–H groups in total. The zero-order chi connectivity index (χ0) is 12.1. The highest BCUT2D eigenvalue weighted by Crippen LogP contribution is 2.02. The lowest BCUT2D eigenvalue weighted by atomic mass is 10.4. The highest BCUT2D eigenvalue weighted by molar-refractivity contribution is 5.65. The molecule has 1 unspecified atom stereocenters. The van der Waals surface area contributed by atoms with Gasteiger partial charge in [0.05, 0.1) is 6.54 Å². The number of alkyl halides is 1. The Labute approximate surface area is 89.2 Å². The van der Waals surface area contributed by atoms with Crippen LogP contribution in [0.15, 0.2) is 6.33 Å². The van der Waals surface area contributed by atoms with Crippen molar-refractivity contribution >= 4 is 11.9 Å². The summed E-state index contributed by atoms with van der Waals surface area (Å²) < 4.78 is 18.5. The van der Waals surface area contributed by atoms with E-state index >= 15 is 0 Å². The monoisotopic (exact) mass is 232 g/mol. The van der Waals surface area contributed by atoms with Gasteiger partial charge in [-0.3, -0.25) is 4.79 Å². The maximum atomic E-state index is 13.1. The zero-order valence-electron chi connectivity index (χ0n) is 8.37. The van der Waals surface area contributed by atoms with Crippen molar-refractivity contribution in [3.8, 4) is 0 Å². The van der Waals surface area contributed by atoms with Crippen LogP contribution in [0.4, 0.5) is 10.3 Å². The van der Waals surface area contributed by atoms with Crippen LogP contribution in [0.2, 0.25) is 0 Å². The van der Waals surface area contributed by atoms with Crippen molar-refractivity contribution in [1.29, 1.82) is 0 Å². The first-order valence-electron chi connectivity index (χ1n) is 4.30. The fourth-order valence-electron chi connectivity index (χ4n) is 0.920. The maximum absolute atomic E-state index is 13.1. The van der Waals surface area contributed by atoms with Crippen molar-refractivity contribution < 1.29 is 18.8 Å². The normalized spacial score (nSPS) is 12.1. The van der Waals surface area contributed by atoms with Crippen LogP contribution in [0.1, 0.15) is 6.92 Å². The number of esters is 1. The number of hydrogen-bond acceptors (Lipinski definition) is 6. The molecule has 0 saturated carbocycles. The number of aromatic nitrogens is 3. The first-order chi connectivity index (χ1) is 7.49. The summed E-state index contributed by atoms with van der Waals surface area (Å²) in [4.78, 5) is 23.2. The molecule has 1 aromatic heterocycles. The van der Waals surface area contributed by atoms with Crippen LogP contribution in [-0.4, -0.2) is 38.4 Å². The lowest BCUT2D eigenvalue weighted by Crippen LogP contribution is -2.19. The second-order valence-electron chi connectivity index (χ2n) is 2.92. The van der Waals surface area contributed by atoms with Crippen LogP contribution in [0.5, 0.6) is 0 Å². The Morgan fingerprint density at radius 2 is 2.50 bits per heavy atom. The summed E-state index contributed by atoms with van der Waals surface area (Å²) in [6, 6.07) is 0. The van der Waals surface area contributed by atoms with Gasteiger partial charge in [0.2, 0.25) is 6.33 Å². The largest absolute Gasteiger partial charge is 0.490 e. The molecule has 0 fully saturated rings. The molecule has 16 heavy (non-hydrogen) atoms. The zero-order valence-corrected chi connectivity index (χ0v) is 8.37. The average Bonchev–Trinajstić information content (AvgIpc) is 2.63. The van der Waals surface area contributed by atoms with Crippen LogP contribution < -0.4 is 0 Å². The average molecular weight is 232 g/mol. The third-order valence-corrected chi connectivity index (χ3v) is 1.54. The molecule has 0 aliphatic heterocycles. The van der Waals surface area contributed by atoms with Crippen LogP contribution >= 0.6 is 0 Å². The van der Waals surface area contributed by atoms with E-state index in [1.807, 2.05) is 0 Å². The Morgan fingerprint density at radius 3 is 3.00 bits per heavy atom. The molecule has 0 aromatic carbocycles. The van der Waals surface area contributed by atoms with Gasteiger partial charge < -0.3 is 14.9 Å². The second-order valence-corrected chi connectivity index (χ2v) is 2.92. The number of ether oxygens (including phenoxy) is 1. The Bertz CT molecular complexity index is 393. The molecule has 0 spiro atoms. The molecule has 88 valence electrons. The van der Waals surface area contributed by atoms with Crippen molar-refractivity contribution in [2.45, 2.75) is 19.6 Å². The fourth-order valence-corrected chi connectivity index (χ4v) is 0.920. The summed E-state index contributed by atoms with van der Waals surface area (Å²) in [5, 5.41) is 13.6. The molecule has 0 radical (unpaired) electrons. The Balaban J connectivity index is 2.46. The Hall–Kier alpha value is -2.06. The number of nitrogens with zero attached hydrogens (tertiary/aromatic N) is 4. The number of carbonyl (C=O) groups excluding carboxylic acids is 1. The SMILES string of the molecule is CC(=O)OCC(F)Cn1cnc([N+](=O)[O-])n1. The Morgan fingerprint density at radius 1 is 1.81 bits per heavy atom. The summed E-state index contributed by atoms with van der Waals surface area (Å²) >= 11 is 0. The molecule has 1 aromatic rings. The molecule has 0 amide bonds. The minimum atomic E-state index is -1.48. The maximum Gasteiger partial charge on any atom is 0.490 e. The van der Waals surface area contributed by atoms with Crippen molar-refractivity contribution in [2.75, 3.05) is 6.61 Å². The molecule has 0 aliphatic carbocycles. The summed E-state index contributed by atoms with van der Waals surface area (Å²) in [6.45, 7) is 0.490. The van der Waals surface area contributed by atoms with Crippen LogP contribution in [0, 0.1) is 10.1 Å². The van der Waals surface area contributed by atoms with Crippen LogP contribution in [-0.2, 0) is 16.1 Å². The predicted octanol–water partition coefficient (Wildman–Crippen LogP) is 0.0875. The van der Waals surface area contributed by atoms with Crippen LogP contribution in [0.3, 0.4) is 0 Å². The predicted molar refractivity (Wildman–Crippen MR) is 48.2 cm³/mol. The van der Waals surface area contributed by atoms with Gasteiger partial charge in [0.15, 0.2) is 6.17 Å². The number of nitro groups is 1. The van der Waals surface area contributed by atoms with E-state index in [0.717, 1.165) is 17.9 Å². The van der Waals surface area contributed by atoms with Crippen LogP contribution in [0.25, 0.3) is 0 Å². The third kappa shape index (κ3) is 3.59. The molecule has 0 saturated heterocycles. The highest BCUT2D eigenvalue weighted by Gasteiger charge is 2.17. The van der Waals surface area contributed by atoms with Crippen molar-refractivity contribution in [1.82, 2.24) is 14.8 Å². The first kappa shape index (κ1) is 12.0. The molecular formula is C7H9FN4O4. The first-order valence-corrected chi connectivity index (χ1v) is 4.30. The van der Waals surface area contributed by atoms with E-state index in [4.69, 9.17) is 0 Å². The molecule has 0 bridgehead atoms. The number of halogens is 1. The van der Waals surface area contributed by atoms with Crippen molar-refractivity contribution in [2.24, 2.45) is 0 Å². The van der Waals surface area contributed by atoms with E-state index in [-0.39, 0.29) is 6.54 Å². The summed E-state index contributed by atoms with van der Waals surface area (Å²) in [7, 11) is 0. The van der Waals surface area contributed by atoms with E-state index < -0.39 is 29.6 Å². The number of rotatable bonds is 5. The van der Waals surface area contributed by atoms with Gasteiger partial charge in [-0.05, 0) is 4.92 Å². The quantitative estimate of drug-likeness (QED) is 0.405. The molecule has 1 atom stereocenters. The van der Waals surface area contributed by atoms with E-state index in [9.17, 15) is 19.3 Å². The summed E-state index contributed by atoms with van der Waals surface area (Å²) in [5.41, 5.74) is 0. The van der Waals surface area contributed by atoms with Gasteiger partial charge >= 0.3 is 11.9 Å². The number of carbonyl (C=O) groups is 1. The number of hydrogen-bond donors (Lipinski definition) is 0. The van der Waals surface area contributed by atoms with Gasteiger partial charge in [-0.2, -0.15) is 4.68 Å². The van der Waals surface area contributed by atoms with Gasteiger partial charge in [0.25, 0.3) is 0 Å². The van der Waals surface area contributed by atoms with Gasteiger partial charge in [0.1, 0.15) is 6.61 Å². The van der Waals surface area contributed by atoms with E-state index in [0.29, 0.717) is 0 Å². The molecule has 0 aliphatic rings. The molecule has 8 nitrogen and oxygen atoms in total. The third-order valence-electron chi connectivity index (χ3n) is 1.54. The molecular weight excluding hydrogens is 223 g/mol. The highest BCUT2D eigenvalue weighted by atomic mass is 19.1. The fraction of sp³-hybridized carbons (Fsp3) is 0.571.